The van der Waals surface area contributed by atoms with Gasteiger partial charge in [0.25, 0.3) is 5.56 Å². The van der Waals surface area contributed by atoms with Gasteiger partial charge in [-0.15, -0.1) is 0 Å². The average molecular weight is 377 g/mol. The number of carbonyl (C=O) groups is 1. The number of hydrogen-bond donors (Lipinski definition) is 0. The number of benzene rings is 1. The number of nitrogens with zero attached hydrogens (tertiary/aromatic N) is 3. The van der Waals surface area contributed by atoms with Crippen molar-refractivity contribution in [1.82, 2.24) is 14.5 Å². The van der Waals surface area contributed by atoms with Crippen molar-refractivity contribution in [2.24, 2.45) is 0 Å². The van der Waals surface area contributed by atoms with E-state index in [1.807, 2.05) is 19.9 Å². The summed E-state index contributed by atoms with van der Waals surface area (Å²) in [5, 5.41) is 0. The fraction of sp³-hybridized carbons (Fsp3) is 0.500. The standard InChI is InChI=1S/C18H23N3O4S/c1-3-13(2)21(14-8-9-26(24,25)12-14)18(23)11-20-16-7-5-4-6-15(16)19-10-17(20)22/h4-7,10,13-14H,3,8-9,11-12H2,1-2H3/t13-,14+/m1/s1. The second-order valence-corrected chi connectivity index (χ2v) is 9.02. The number of amides is 1. The summed E-state index contributed by atoms with van der Waals surface area (Å²) >= 11 is 0. The molecule has 7 nitrogen and oxygen atoms in total. The largest absolute Gasteiger partial charge is 0.334 e. The first-order chi connectivity index (χ1) is 12.3. The topological polar surface area (TPSA) is 89.3 Å². The smallest absolute Gasteiger partial charge is 0.269 e. The second-order valence-electron chi connectivity index (χ2n) is 6.79. The van der Waals surface area contributed by atoms with Crippen LogP contribution in [0.4, 0.5) is 0 Å². The third-order valence-electron chi connectivity index (χ3n) is 5.00. The van der Waals surface area contributed by atoms with Crippen molar-refractivity contribution in [3.05, 3.63) is 40.8 Å². The molecule has 1 aromatic carbocycles. The first-order valence-corrected chi connectivity index (χ1v) is 10.6. The highest BCUT2D eigenvalue weighted by Crippen LogP contribution is 2.22. The third kappa shape index (κ3) is 3.65. The molecule has 1 saturated heterocycles. The molecular weight excluding hydrogens is 354 g/mol. The Morgan fingerprint density at radius 3 is 2.77 bits per heavy atom. The van der Waals surface area contributed by atoms with Gasteiger partial charge in [-0.05, 0) is 31.9 Å². The van der Waals surface area contributed by atoms with Crippen LogP contribution >= 0.6 is 0 Å². The van der Waals surface area contributed by atoms with Gasteiger partial charge in [0.1, 0.15) is 6.54 Å². The molecule has 1 aromatic heterocycles. The van der Waals surface area contributed by atoms with E-state index in [0.717, 1.165) is 0 Å². The fourth-order valence-corrected chi connectivity index (χ4v) is 5.21. The minimum atomic E-state index is -3.10. The van der Waals surface area contributed by atoms with Gasteiger partial charge in [0.2, 0.25) is 5.91 Å². The van der Waals surface area contributed by atoms with Crippen LogP contribution in [0.5, 0.6) is 0 Å². The highest BCUT2D eigenvalue weighted by Gasteiger charge is 2.36. The summed E-state index contributed by atoms with van der Waals surface area (Å²) in [5.74, 6) is -0.134. The number of para-hydroxylation sites is 2. The van der Waals surface area contributed by atoms with Crippen molar-refractivity contribution < 1.29 is 13.2 Å². The van der Waals surface area contributed by atoms with E-state index in [1.165, 1.54) is 10.8 Å². The van der Waals surface area contributed by atoms with Crippen molar-refractivity contribution in [3.8, 4) is 0 Å². The number of carbonyl (C=O) groups excluding carboxylic acids is 1. The first kappa shape index (κ1) is 18.6. The summed E-state index contributed by atoms with van der Waals surface area (Å²) in [5.41, 5.74) is 0.884. The SMILES string of the molecule is CC[C@@H](C)N(C(=O)Cn1c(=O)cnc2ccccc21)[C@H]1CCS(=O)(=O)C1. The first-order valence-electron chi connectivity index (χ1n) is 8.78. The number of rotatable bonds is 5. The molecule has 8 heteroatoms. The zero-order valence-electron chi connectivity index (χ0n) is 15.0. The minimum Gasteiger partial charge on any atom is -0.334 e. The van der Waals surface area contributed by atoms with Crippen LogP contribution in [0.1, 0.15) is 26.7 Å². The van der Waals surface area contributed by atoms with Crippen molar-refractivity contribution in [1.29, 1.82) is 0 Å². The maximum Gasteiger partial charge on any atom is 0.269 e. The molecule has 0 aliphatic carbocycles. The van der Waals surface area contributed by atoms with Gasteiger partial charge in [-0.25, -0.2) is 13.4 Å². The zero-order valence-corrected chi connectivity index (χ0v) is 15.8. The number of sulfone groups is 1. The van der Waals surface area contributed by atoms with Crippen LogP contribution in [0.3, 0.4) is 0 Å². The maximum atomic E-state index is 13.1. The number of aromatic nitrogens is 2. The lowest BCUT2D eigenvalue weighted by Crippen LogP contribution is -2.48. The van der Waals surface area contributed by atoms with Gasteiger partial charge in [-0.3, -0.25) is 14.2 Å². The molecule has 0 radical (unpaired) electrons. The van der Waals surface area contributed by atoms with Crippen LogP contribution in [-0.4, -0.2) is 52.4 Å². The summed E-state index contributed by atoms with van der Waals surface area (Å²) in [7, 11) is -3.10. The van der Waals surface area contributed by atoms with Crippen molar-refractivity contribution >= 4 is 26.8 Å². The molecule has 0 N–H and O–H groups in total. The van der Waals surface area contributed by atoms with Crippen LogP contribution in [-0.2, 0) is 21.2 Å². The second kappa shape index (κ2) is 7.19. The van der Waals surface area contributed by atoms with E-state index >= 15 is 0 Å². The van der Waals surface area contributed by atoms with Crippen LogP contribution < -0.4 is 5.56 Å². The van der Waals surface area contributed by atoms with Gasteiger partial charge >= 0.3 is 0 Å². The number of hydrogen-bond acceptors (Lipinski definition) is 5. The quantitative estimate of drug-likeness (QED) is 0.781. The zero-order chi connectivity index (χ0) is 18.9. The van der Waals surface area contributed by atoms with Crippen LogP contribution in [0, 0.1) is 0 Å². The minimum absolute atomic E-state index is 0.00489. The normalized spacial score (nSPS) is 20.2. The lowest BCUT2D eigenvalue weighted by atomic mass is 10.1. The van der Waals surface area contributed by atoms with Crippen molar-refractivity contribution in [2.75, 3.05) is 11.5 Å². The molecule has 140 valence electrons. The van der Waals surface area contributed by atoms with E-state index in [9.17, 15) is 18.0 Å². The Labute approximate surface area is 152 Å². The molecule has 0 saturated carbocycles. The average Bonchev–Trinajstić information content (AvgIpc) is 2.96. The van der Waals surface area contributed by atoms with Crippen LogP contribution in [0.15, 0.2) is 35.3 Å². The number of fused-ring (bicyclic) bond motifs is 1. The molecule has 1 amide bonds. The summed E-state index contributed by atoms with van der Waals surface area (Å²) in [6, 6.07) is 6.73. The van der Waals surface area contributed by atoms with E-state index < -0.39 is 9.84 Å². The predicted octanol–water partition coefficient (Wildman–Crippen LogP) is 1.21. The molecule has 1 aliphatic heterocycles. The van der Waals surface area contributed by atoms with Crippen LogP contribution in [0.2, 0.25) is 0 Å². The van der Waals surface area contributed by atoms with Gasteiger partial charge < -0.3 is 4.90 Å². The van der Waals surface area contributed by atoms with E-state index in [-0.39, 0.29) is 41.6 Å². The Balaban J connectivity index is 1.94. The lowest BCUT2D eigenvalue weighted by Gasteiger charge is -2.34. The summed E-state index contributed by atoms with van der Waals surface area (Å²) < 4.78 is 25.1. The fourth-order valence-electron chi connectivity index (χ4n) is 3.50. The Bertz CT molecular complexity index is 983. The van der Waals surface area contributed by atoms with E-state index in [4.69, 9.17) is 0 Å². The molecular formula is C18H23N3O4S. The molecule has 2 atom stereocenters. The van der Waals surface area contributed by atoms with E-state index in [0.29, 0.717) is 23.9 Å². The molecule has 0 bridgehead atoms. The van der Waals surface area contributed by atoms with Gasteiger partial charge in [-0.1, -0.05) is 19.1 Å². The van der Waals surface area contributed by atoms with E-state index in [1.54, 1.807) is 23.1 Å². The van der Waals surface area contributed by atoms with Crippen molar-refractivity contribution in [3.63, 3.8) is 0 Å². The van der Waals surface area contributed by atoms with Gasteiger partial charge in [-0.2, -0.15) is 0 Å². The summed E-state index contributed by atoms with van der Waals surface area (Å²) in [6.07, 6.45) is 2.38. The van der Waals surface area contributed by atoms with Crippen molar-refractivity contribution in [2.45, 2.75) is 45.3 Å². The summed E-state index contributed by atoms with van der Waals surface area (Å²) in [4.78, 5) is 31.1. The molecule has 26 heavy (non-hydrogen) atoms. The highest BCUT2D eigenvalue weighted by atomic mass is 32.2. The Kier molecular flexibility index (Phi) is 5.13. The molecule has 3 rings (SSSR count). The Hall–Kier alpha value is -2.22. The molecule has 1 fully saturated rings. The Morgan fingerprint density at radius 2 is 2.12 bits per heavy atom. The monoisotopic (exact) mass is 377 g/mol. The van der Waals surface area contributed by atoms with Gasteiger partial charge in [0.15, 0.2) is 9.84 Å². The maximum absolute atomic E-state index is 13.1. The highest BCUT2D eigenvalue weighted by molar-refractivity contribution is 7.91. The summed E-state index contributed by atoms with van der Waals surface area (Å²) in [6.45, 7) is 3.75. The molecule has 0 spiro atoms. The molecule has 1 aliphatic rings. The Morgan fingerprint density at radius 1 is 1.38 bits per heavy atom. The molecule has 2 aromatic rings. The van der Waals surface area contributed by atoms with Gasteiger partial charge in [0, 0.05) is 12.1 Å². The van der Waals surface area contributed by atoms with Gasteiger partial charge in [0.05, 0.1) is 28.7 Å². The lowest BCUT2D eigenvalue weighted by molar-refractivity contribution is -0.136. The predicted molar refractivity (Wildman–Crippen MR) is 99.7 cm³/mol. The van der Waals surface area contributed by atoms with E-state index in [2.05, 4.69) is 4.98 Å². The van der Waals surface area contributed by atoms with Crippen LogP contribution in [0.25, 0.3) is 11.0 Å². The molecule has 0 unspecified atom stereocenters. The molecule has 2 heterocycles. The third-order valence-corrected chi connectivity index (χ3v) is 6.75.